The van der Waals surface area contributed by atoms with Crippen LogP contribution in [0.15, 0.2) is 24.3 Å². The molecule has 106 valence electrons. The fourth-order valence-electron chi connectivity index (χ4n) is 1.43. The van der Waals surface area contributed by atoms with Gasteiger partial charge in [-0.1, -0.05) is 32.0 Å². The Morgan fingerprint density at radius 1 is 1.26 bits per heavy atom. The summed E-state index contributed by atoms with van der Waals surface area (Å²) in [6, 6.07) is 6.65. The predicted octanol–water partition coefficient (Wildman–Crippen LogP) is 2.46. The highest BCUT2D eigenvalue weighted by atomic mass is 16.5. The molecule has 1 unspecified atom stereocenters. The second-order valence-corrected chi connectivity index (χ2v) is 5.12. The first-order valence-corrected chi connectivity index (χ1v) is 6.62. The summed E-state index contributed by atoms with van der Waals surface area (Å²) in [5.74, 6) is 0.261. The third-order valence-electron chi connectivity index (χ3n) is 3.18. The van der Waals surface area contributed by atoms with Crippen LogP contribution in [0.5, 0.6) is 5.75 Å². The quantitative estimate of drug-likeness (QED) is 0.776. The van der Waals surface area contributed by atoms with E-state index in [0.717, 1.165) is 5.56 Å². The zero-order valence-electron chi connectivity index (χ0n) is 12.0. The van der Waals surface area contributed by atoms with Crippen molar-refractivity contribution >= 4 is 5.97 Å². The van der Waals surface area contributed by atoms with E-state index in [2.05, 4.69) is 5.32 Å². The summed E-state index contributed by atoms with van der Waals surface area (Å²) in [6.45, 7) is 8.10. The van der Waals surface area contributed by atoms with Crippen molar-refractivity contribution in [2.24, 2.45) is 5.92 Å². The Kier molecular flexibility index (Phi) is 5.83. The predicted molar refractivity (Wildman–Crippen MR) is 74.8 cm³/mol. The number of nitrogens with one attached hydrogen (secondary N) is 1. The number of phenolic OH excluding ortho intramolecular Hbond substituents is 1. The van der Waals surface area contributed by atoms with E-state index in [1.54, 1.807) is 19.1 Å². The molecule has 0 heterocycles. The average Bonchev–Trinajstić information content (AvgIpc) is 2.37. The molecule has 19 heavy (non-hydrogen) atoms. The molecule has 1 aromatic rings. The Balaban J connectivity index is 2.45. The maximum absolute atomic E-state index is 11.8. The topological polar surface area (TPSA) is 58.6 Å². The Morgan fingerprint density at radius 3 is 2.47 bits per heavy atom. The molecule has 0 saturated heterocycles. The number of rotatable bonds is 6. The average molecular weight is 265 g/mol. The van der Waals surface area contributed by atoms with E-state index >= 15 is 0 Å². The number of para-hydroxylation sites is 1. The monoisotopic (exact) mass is 265 g/mol. The van der Waals surface area contributed by atoms with Crippen LogP contribution in [0.25, 0.3) is 0 Å². The van der Waals surface area contributed by atoms with Gasteiger partial charge in [0.2, 0.25) is 0 Å². The van der Waals surface area contributed by atoms with Gasteiger partial charge in [-0.25, -0.2) is 0 Å². The van der Waals surface area contributed by atoms with Gasteiger partial charge in [-0.2, -0.15) is 0 Å². The van der Waals surface area contributed by atoms with Gasteiger partial charge < -0.3 is 15.2 Å². The van der Waals surface area contributed by atoms with Gasteiger partial charge in [0.05, 0.1) is 0 Å². The molecular weight excluding hydrogens is 242 g/mol. The van der Waals surface area contributed by atoms with E-state index in [4.69, 9.17) is 4.74 Å². The molecule has 4 heteroatoms. The number of hydrogen-bond donors (Lipinski definition) is 2. The minimum Gasteiger partial charge on any atom is -0.508 e. The standard InChI is InChI=1S/C15H23NO3/c1-10(2)12(4)19-15(18)11(3)16-9-13-7-5-6-8-14(13)17/h5-8,10-12,16-17H,9H2,1-4H3/t11-,12?/m0/s1. The number of benzene rings is 1. The Morgan fingerprint density at radius 2 is 1.89 bits per heavy atom. The first-order valence-electron chi connectivity index (χ1n) is 6.62. The normalized spacial score (nSPS) is 14.2. The van der Waals surface area contributed by atoms with E-state index < -0.39 is 6.04 Å². The molecule has 0 spiro atoms. The molecule has 0 saturated carbocycles. The van der Waals surface area contributed by atoms with Crippen LogP contribution in [-0.4, -0.2) is 23.2 Å². The van der Waals surface area contributed by atoms with Crippen molar-refractivity contribution in [2.45, 2.75) is 46.4 Å². The molecule has 0 aliphatic rings. The zero-order valence-corrected chi connectivity index (χ0v) is 12.0. The minimum atomic E-state index is -0.402. The highest BCUT2D eigenvalue weighted by Gasteiger charge is 2.18. The van der Waals surface area contributed by atoms with Gasteiger partial charge in [-0.3, -0.25) is 4.79 Å². The van der Waals surface area contributed by atoms with Crippen molar-refractivity contribution in [3.63, 3.8) is 0 Å². The molecule has 2 atom stereocenters. The summed E-state index contributed by atoms with van der Waals surface area (Å²) in [5, 5.41) is 12.7. The van der Waals surface area contributed by atoms with E-state index in [1.807, 2.05) is 32.9 Å². The first-order chi connectivity index (χ1) is 8.91. The van der Waals surface area contributed by atoms with Crippen molar-refractivity contribution < 1.29 is 14.6 Å². The van der Waals surface area contributed by atoms with Crippen molar-refractivity contribution in [3.05, 3.63) is 29.8 Å². The van der Waals surface area contributed by atoms with Crippen molar-refractivity contribution in [1.29, 1.82) is 0 Å². The summed E-state index contributed by atoms with van der Waals surface area (Å²) in [7, 11) is 0. The summed E-state index contributed by atoms with van der Waals surface area (Å²) in [4.78, 5) is 11.8. The number of phenols is 1. The lowest BCUT2D eigenvalue weighted by Gasteiger charge is -2.20. The minimum absolute atomic E-state index is 0.0955. The Bertz CT molecular complexity index is 418. The number of carbonyl (C=O) groups excluding carboxylic acids is 1. The molecule has 0 aliphatic heterocycles. The van der Waals surface area contributed by atoms with Gasteiger partial charge in [-0.05, 0) is 25.8 Å². The van der Waals surface area contributed by atoms with E-state index in [-0.39, 0.29) is 17.8 Å². The van der Waals surface area contributed by atoms with E-state index in [0.29, 0.717) is 12.5 Å². The lowest BCUT2D eigenvalue weighted by Crippen LogP contribution is -2.37. The Labute approximate surface area is 114 Å². The SMILES string of the molecule is CC(C)C(C)OC(=O)[C@H](C)NCc1ccccc1O. The van der Waals surface area contributed by atoms with Crippen LogP contribution in [0.1, 0.15) is 33.3 Å². The van der Waals surface area contributed by atoms with Crippen molar-refractivity contribution in [3.8, 4) is 5.75 Å². The van der Waals surface area contributed by atoms with E-state index in [1.165, 1.54) is 0 Å². The highest BCUT2D eigenvalue weighted by molar-refractivity contribution is 5.75. The fraction of sp³-hybridized carbons (Fsp3) is 0.533. The molecule has 0 fully saturated rings. The molecule has 0 bridgehead atoms. The van der Waals surface area contributed by atoms with Crippen LogP contribution in [-0.2, 0) is 16.1 Å². The van der Waals surface area contributed by atoms with Gasteiger partial charge in [-0.15, -0.1) is 0 Å². The fourth-order valence-corrected chi connectivity index (χ4v) is 1.43. The summed E-state index contributed by atoms with van der Waals surface area (Å²) in [6.07, 6.45) is -0.0955. The van der Waals surface area contributed by atoms with Crippen LogP contribution in [0.2, 0.25) is 0 Å². The Hall–Kier alpha value is -1.55. The number of ether oxygens (including phenoxy) is 1. The van der Waals surface area contributed by atoms with Gasteiger partial charge in [0, 0.05) is 12.1 Å². The molecule has 1 aromatic carbocycles. The molecule has 4 nitrogen and oxygen atoms in total. The molecule has 2 N–H and O–H groups in total. The van der Waals surface area contributed by atoms with Gasteiger partial charge in [0.25, 0.3) is 0 Å². The van der Waals surface area contributed by atoms with Gasteiger partial charge in [0.1, 0.15) is 17.9 Å². The maximum Gasteiger partial charge on any atom is 0.323 e. The summed E-state index contributed by atoms with van der Waals surface area (Å²) >= 11 is 0. The van der Waals surface area contributed by atoms with Crippen LogP contribution in [0, 0.1) is 5.92 Å². The lowest BCUT2D eigenvalue weighted by atomic mass is 10.1. The van der Waals surface area contributed by atoms with E-state index in [9.17, 15) is 9.90 Å². The van der Waals surface area contributed by atoms with Crippen LogP contribution >= 0.6 is 0 Å². The van der Waals surface area contributed by atoms with Gasteiger partial charge >= 0.3 is 5.97 Å². The summed E-state index contributed by atoms with van der Waals surface area (Å²) < 4.78 is 5.33. The number of carbonyl (C=O) groups is 1. The number of esters is 1. The second kappa shape index (κ2) is 7.14. The second-order valence-electron chi connectivity index (χ2n) is 5.12. The van der Waals surface area contributed by atoms with Crippen LogP contribution in [0.3, 0.4) is 0 Å². The smallest absolute Gasteiger partial charge is 0.323 e. The number of aromatic hydroxyl groups is 1. The summed E-state index contributed by atoms with van der Waals surface area (Å²) in [5.41, 5.74) is 0.763. The maximum atomic E-state index is 11.8. The lowest BCUT2D eigenvalue weighted by molar-refractivity contribution is -0.152. The van der Waals surface area contributed by atoms with Crippen LogP contribution in [0.4, 0.5) is 0 Å². The first kappa shape index (κ1) is 15.5. The molecule has 0 aromatic heterocycles. The van der Waals surface area contributed by atoms with Crippen molar-refractivity contribution in [1.82, 2.24) is 5.32 Å². The molecule has 1 rings (SSSR count). The van der Waals surface area contributed by atoms with Gasteiger partial charge in [0.15, 0.2) is 0 Å². The zero-order chi connectivity index (χ0) is 14.4. The van der Waals surface area contributed by atoms with Crippen LogP contribution < -0.4 is 5.32 Å². The van der Waals surface area contributed by atoms with Crippen molar-refractivity contribution in [2.75, 3.05) is 0 Å². The number of hydrogen-bond acceptors (Lipinski definition) is 4. The molecule has 0 amide bonds. The largest absolute Gasteiger partial charge is 0.508 e. The third kappa shape index (κ3) is 4.91. The third-order valence-corrected chi connectivity index (χ3v) is 3.18. The highest BCUT2D eigenvalue weighted by Crippen LogP contribution is 2.15. The molecular formula is C15H23NO3. The molecule has 0 radical (unpaired) electrons. The molecule has 0 aliphatic carbocycles.